The molecule has 22 heavy (non-hydrogen) atoms. The minimum Gasteiger partial charge on any atom is -0.391 e. The van der Waals surface area contributed by atoms with Crippen LogP contribution in [0.2, 0.25) is 0 Å². The van der Waals surface area contributed by atoms with Gasteiger partial charge in [0.25, 0.3) is 0 Å². The number of fused-ring (bicyclic) bond motifs is 1. The molecule has 4 rings (SSSR count). The van der Waals surface area contributed by atoms with Gasteiger partial charge < -0.3 is 15.0 Å². The molecule has 3 heterocycles. The van der Waals surface area contributed by atoms with Gasteiger partial charge in [0.05, 0.1) is 18.5 Å². The number of aliphatic hydroxyl groups is 1. The van der Waals surface area contributed by atoms with Gasteiger partial charge in [-0.15, -0.1) is 10.2 Å². The Morgan fingerprint density at radius 3 is 3.09 bits per heavy atom. The van der Waals surface area contributed by atoms with E-state index in [1.807, 2.05) is 35.1 Å². The van der Waals surface area contributed by atoms with E-state index < -0.39 is 0 Å². The molecule has 3 atom stereocenters. The largest absolute Gasteiger partial charge is 0.391 e. The third-order valence-corrected chi connectivity index (χ3v) is 4.32. The predicted octanol–water partition coefficient (Wildman–Crippen LogP) is 1.18. The molecule has 2 N–H and O–H groups in total. The number of pyridine rings is 1. The number of nitrogens with one attached hydrogen (secondary N) is 1. The predicted molar refractivity (Wildman–Crippen MR) is 81.4 cm³/mol. The van der Waals surface area contributed by atoms with Crippen LogP contribution in [-0.4, -0.2) is 41.4 Å². The van der Waals surface area contributed by atoms with Crippen LogP contribution >= 0.6 is 0 Å². The van der Waals surface area contributed by atoms with Crippen LogP contribution in [0.1, 0.15) is 12.8 Å². The van der Waals surface area contributed by atoms with Crippen LogP contribution in [0.25, 0.3) is 5.65 Å². The summed E-state index contributed by atoms with van der Waals surface area (Å²) in [5, 5.41) is 21.7. The van der Waals surface area contributed by atoms with Crippen LogP contribution < -0.4 is 5.32 Å². The molecule has 0 aliphatic heterocycles. The third kappa shape index (κ3) is 2.43. The summed E-state index contributed by atoms with van der Waals surface area (Å²) in [4.78, 5) is 4.07. The van der Waals surface area contributed by atoms with E-state index in [0.29, 0.717) is 5.92 Å². The summed E-state index contributed by atoms with van der Waals surface area (Å²) in [5.74, 6) is 1.36. The fourth-order valence-corrected chi connectivity index (χ4v) is 3.27. The maximum absolute atomic E-state index is 10.3. The van der Waals surface area contributed by atoms with Crippen molar-refractivity contribution in [2.45, 2.75) is 31.5 Å². The lowest BCUT2D eigenvalue weighted by atomic mass is 10.1. The first-order chi connectivity index (χ1) is 10.8. The van der Waals surface area contributed by atoms with Gasteiger partial charge in [-0.3, -0.25) is 4.40 Å². The van der Waals surface area contributed by atoms with Crippen molar-refractivity contribution in [1.82, 2.24) is 24.1 Å². The monoisotopic (exact) mass is 298 g/mol. The molecule has 1 aliphatic rings. The molecule has 0 saturated heterocycles. The summed E-state index contributed by atoms with van der Waals surface area (Å²) in [6.45, 7) is 0.895. The van der Waals surface area contributed by atoms with Crippen LogP contribution in [0, 0.1) is 5.92 Å². The number of anilines is 1. The summed E-state index contributed by atoms with van der Waals surface area (Å²) < 4.78 is 3.97. The van der Waals surface area contributed by atoms with Crippen molar-refractivity contribution >= 4 is 11.5 Å². The Labute approximate surface area is 127 Å². The van der Waals surface area contributed by atoms with Gasteiger partial charge in [-0.1, -0.05) is 6.07 Å². The SMILES string of the molecule is O[C@@H]1CC(Cn2ccnc2)C[C@H]1Nc1cccc2nncn12. The zero-order chi connectivity index (χ0) is 14.9. The standard InChI is InChI=1S/C15H18N6O/c22-13-7-11(8-20-5-4-16-9-20)6-12(13)18-14-2-1-3-15-19-17-10-21(14)15/h1-5,9-13,18,22H,6-8H2/t11?,12-,13-/m1/s1. The average molecular weight is 298 g/mol. The van der Waals surface area contributed by atoms with Crippen LogP contribution in [0.5, 0.6) is 0 Å². The molecule has 0 spiro atoms. The topological polar surface area (TPSA) is 80.3 Å². The first-order valence-corrected chi connectivity index (χ1v) is 7.49. The highest BCUT2D eigenvalue weighted by atomic mass is 16.3. The van der Waals surface area contributed by atoms with E-state index in [1.165, 1.54) is 0 Å². The second-order valence-corrected chi connectivity index (χ2v) is 5.89. The Bertz CT molecular complexity index is 752. The lowest BCUT2D eigenvalue weighted by molar-refractivity contribution is 0.166. The van der Waals surface area contributed by atoms with E-state index in [0.717, 1.165) is 30.9 Å². The maximum atomic E-state index is 10.3. The molecule has 1 aliphatic carbocycles. The van der Waals surface area contributed by atoms with Crippen LogP contribution in [-0.2, 0) is 6.54 Å². The van der Waals surface area contributed by atoms with E-state index in [4.69, 9.17) is 0 Å². The average Bonchev–Trinajstić information content (AvgIpc) is 3.22. The number of aliphatic hydroxyl groups excluding tert-OH is 1. The van der Waals surface area contributed by atoms with Crippen molar-refractivity contribution in [2.24, 2.45) is 5.92 Å². The highest BCUT2D eigenvalue weighted by molar-refractivity contribution is 5.49. The normalized spacial score (nSPS) is 24.9. The van der Waals surface area contributed by atoms with Gasteiger partial charge in [0.1, 0.15) is 12.1 Å². The zero-order valence-electron chi connectivity index (χ0n) is 12.1. The third-order valence-electron chi connectivity index (χ3n) is 4.32. The molecule has 7 nitrogen and oxygen atoms in total. The summed E-state index contributed by atoms with van der Waals surface area (Å²) in [6.07, 6.45) is 8.64. The van der Waals surface area contributed by atoms with Crippen LogP contribution in [0.15, 0.2) is 43.2 Å². The molecule has 3 aromatic rings. The lowest BCUT2D eigenvalue weighted by Gasteiger charge is -2.18. The van der Waals surface area contributed by atoms with Gasteiger partial charge >= 0.3 is 0 Å². The molecular weight excluding hydrogens is 280 g/mol. The van der Waals surface area contributed by atoms with E-state index in [1.54, 1.807) is 12.5 Å². The molecule has 114 valence electrons. The van der Waals surface area contributed by atoms with Gasteiger partial charge in [-0.05, 0) is 30.9 Å². The lowest BCUT2D eigenvalue weighted by Crippen LogP contribution is -2.28. The summed E-state index contributed by atoms with van der Waals surface area (Å²) >= 11 is 0. The molecular formula is C15H18N6O. The number of aromatic nitrogens is 5. The molecule has 1 unspecified atom stereocenters. The first-order valence-electron chi connectivity index (χ1n) is 7.49. The second kappa shape index (κ2) is 5.42. The van der Waals surface area contributed by atoms with Crippen molar-refractivity contribution < 1.29 is 5.11 Å². The number of rotatable bonds is 4. The fraction of sp³-hybridized carbons (Fsp3) is 0.400. The number of imidazole rings is 1. The van der Waals surface area contributed by atoms with Gasteiger partial charge in [-0.2, -0.15) is 0 Å². The minimum absolute atomic E-state index is 0.0431. The van der Waals surface area contributed by atoms with Gasteiger partial charge in [0, 0.05) is 18.9 Å². The van der Waals surface area contributed by atoms with Crippen LogP contribution in [0.4, 0.5) is 5.82 Å². The molecule has 0 bridgehead atoms. The van der Waals surface area contributed by atoms with Crippen molar-refractivity contribution in [2.75, 3.05) is 5.32 Å². The van der Waals surface area contributed by atoms with Crippen molar-refractivity contribution in [3.8, 4) is 0 Å². The molecule has 1 fully saturated rings. The van der Waals surface area contributed by atoms with Crippen molar-refractivity contribution in [3.05, 3.63) is 43.2 Å². The Hall–Kier alpha value is -2.41. The van der Waals surface area contributed by atoms with Gasteiger partial charge in [-0.25, -0.2) is 4.98 Å². The van der Waals surface area contributed by atoms with E-state index in [9.17, 15) is 5.11 Å². The van der Waals surface area contributed by atoms with E-state index in [2.05, 4.69) is 25.1 Å². The van der Waals surface area contributed by atoms with E-state index in [-0.39, 0.29) is 12.1 Å². The van der Waals surface area contributed by atoms with Gasteiger partial charge in [0.15, 0.2) is 5.65 Å². The van der Waals surface area contributed by atoms with Crippen molar-refractivity contribution in [3.63, 3.8) is 0 Å². The highest BCUT2D eigenvalue weighted by Crippen LogP contribution is 2.30. The second-order valence-electron chi connectivity index (χ2n) is 5.89. The zero-order valence-corrected chi connectivity index (χ0v) is 12.1. The molecule has 1 saturated carbocycles. The summed E-state index contributed by atoms with van der Waals surface area (Å²) in [5.41, 5.74) is 0.799. The van der Waals surface area contributed by atoms with Gasteiger partial charge in [0.2, 0.25) is 0 Å². The molecule has 7 heteroatoms. The Morgan fingerprint density at radius 1 is 1.27 bits per heavy atom. The van der Waals surface area contributed by atoms with Crippen LogP contribution in [0.3, 0.4) is 0 Å². The first kappa shape index (κ1) is 13.3. The molecule has 0 amide bonds. The molecule has 0 aromatic carbocycles. The maximum Gasteiger partial charge on any atom is 0.162 e. The summed E-state index contributed by atoms with van der Waals surface area (Å²) in [7, 11) is 0. The molecule has 3 aromatic heterocycles. The molecule has 0 radical (unpaired) electrons. The van der Waals surface area contributed by atoms with Crippen molar-refractivity contribution in [1.29, 1.82) is 0 Å². The number of hydrogen-bond donors (Lipinski definition) is 2. The minimum atomic E-state index is -0.347. The highest BCUT2D eigenvalue weighted by Gasteiger charge is 2.33. The smallest absolute Gasteiger partial charge is 0.162 e. The van der Waals surface area contributed by atoms with E-state index >= 15 is 0 Å². The number of hydrogen-bond acceptors (Lipinski definition) is 5. The Kier molecular flexibility index (Phi) is 3.27. The fourth-order valence-electron chi connectivity index (χ4n) is 3.27. The summed E-state index contributed by atoms with van der Waals surface area (Å²) in [6, 6.07) is 5.87. The quantitative estimate of drug-likeness (QED) is 0.756. The number of nitrogens with zero attached hydrogens (tertiary/aromatic N) is 5. The Morgan fingerprint density at radius 2 is 2.23 bits per heavy atom. The Balaban J connectivity index is 1.48.